The van der Waals surface area contributed by atoms with Gasteiger partial charge in [-0.2, -0.15) is 0 Å². The van der Waals surface area contributed by atoms with Crippen molar-refractivity contribution in [1.29, 1.82) is 0 Å². The molecule has 2 aromatic carbocycles. The Morgan fingerprint density at radius 1 is 1.15 bits per heavy atom. The quantitative estimate of drug-likeness (QED) is 0.416. The first-order valence-corrected chi connectivity index (χ1v) is 13.7. The monoisotopic (exact) mass is 547 g/mol. The number of hydrogen-bond acceptors (Lipinski definition) is 7. The second-order valence-corrected chi connectivity index (χ2v) is 10.7. The summed E-state index contributed by atoms with van der Waals surface area (Å²) >= 11 is 6.45. The number of ether oxygens (including phenoxy) is 1. The molecule has 0 bridgehead atoms. The van der Waals surface area contributed by atoms with Crippen molar-refractivity contribution in [2.45, 2.75) is 43.9 Å². The number of anilines is 1. The third kappa shape index (κ3) is 5.34. The molecule has 0 radical (unpaired) electrons. The van der Waals surface area contributed by atoms with Crippen molar-refractivity contribution in [3.8, 4) is 11.3 Å². The van der Waals surface area contributed by atoms with Crippen molar-refractivity contribution < 1.29 is 19.4 Å². The zero-order valence-corrected chi connectivity index (χ0v) is 22.2. The molecule has 2 aliphatic heterocycles. The van der Waals surface area contributed by atoms with Gasteiger partial charge in [-0.1, -0.05) is 48.0 Å². The molecule has 1 saturated heterocycles. The van der Waals surface area contributed by atoms with E-state index in [1.54, 1.807) is 12.3 Å². The summed E-state index contributed by atoms with van der Waals surface area (Å²) in [5.74, 6) is -0.126. The minimum absolute atomic E-state index is 0.0548. The van der Waals surface area contributed by atoms with Crippen molar-refractivity contribution >= 4 is 29.4 Å². The van der Waals surface area contributed by atoms with Gasteiger partial charge in [-0.15, -0.1) is 0 Å². The molecule has 1 aliphatic carbocycles. The van der Waals surface area contributed by atoms with E-state index in [0.717, 1.165) is 29.5 Å². The molecule has 39 heavy (non-hydrogen) atoms. The van der Waals surface area contributed by atoms with Gasteiger partial charge >= 0.3 is 0 Å². The first-order chi connectivity index (χ1) is 19.0. The fourth-order valence-corrected chi connectivity index (χ4v) is 5.86. The Bertz CT molecular complexity index is 1410. The molecule has 3 heterocycles. The number of carbonyl (C=O) groups excluding carboxylic acids is 2. The Kier molecular flexibility index (Phi) is 7.20. The van der Waals surface area contributed by atoms with Gasteiger partial charge in [0, 0.05) is 49.4 Å². The summed E-state index contributed by atoms with van der Waals surface area (Å²) in [6, 6.07) is 13.7. The number of aromatic nitrogens is 2. The molecule has 3 aliphatic rings. The predicted molar refractivity (Wildman–Crippen MR) is 147 cm³/mol. The number of rotatable bonds is 7. The van der Waals surface area contributed by atoms with E-state index in [-0.39, 0.29) is 30.3 Å². The Balaban J connectivity index is 1.11. The van der Waals surface area contributed by atoms with Crippen molar-refractivity contribution in [2.24, 2.45) is 0 Å². The lowest BCUT2D eigenvalue weighted by Crippen LogP contribution is -2.40. The number of nitrogens with zero attached hydrogens (tertiary/aromatic N) is 3. The van der Waals surface area contributed by atoms with E-state index in [0.29, 0.717) is 60.5 Å². The second kappa shape index (κ2) is 10.9. The molecule has 0 spiro atoms. The van der Waals surface area contributed by atoms with E-state index in [9.17, 15) is 14.7 Å². The molecule has 10 heteroatoms. The largest absolute Gasteiger partial charge is 0.392 e. The van der Waals surface area contributed by atoms with Gasteiger partial charge in [-0.25, -0.2) is 9.97 Å². The topological polar surface area (TPSA) is 117 Å². The highest BCUT2D eigenvalue weighted by atomic mass is 35.5. The van der Waals surface area contributed by atoms with E-state index >= 15 is 0 Å². The highest BCUT2D eigenvalue weighted by molar-refractivity contribution is 6.33. The number of carbonyl (C=O) groups is 2. The van der Waals surface area contributed by atoms with Crippen LogP contribution in [-0.4, -0.2) is 70.2 Å². The van der Waals surface area contributed by atoms with Gasteiger partial charge in [0.15, 0.2) is 0 Å². The number of halogens is 1. The molecule has 1 unspecified atom stereocenters. The number of hydrogen-bond donors (Lipinski definition) is 3. The van der Waals surface area contributed by atoms with Crippen molar-refractivity contribution in [1.82, 2.24) is 20.2 Å². The van der Waals surface area contributed by atoms with Crippen LogP contribution in [0.2, 0.25) is 5.02 Å². The predicted octanol–water partition coefficient (Wildman–Crippen LogP) is 3.16. The minimum Gasteiger partial charge on any atom is -0.392 e. The molecular weight excluding hydrogens is 518 g/mol. The molecule has 1 aromatic heterocycles. The van der Waals surface area contributed by atoms with Gasteiger partial charge in [0.2, 0.25) is 11.9 Å². The Hall–Kier alpha value is -3.53. The molecular formula is C29H30ClN5O4. The van der Waals surface area contributed by atoms with Gasteiger partial charge in [0.1, 0.15) is 6.54 Å². The molecule has 0 saturated carbocycles. The van der Waals surface area contributed by atoms with Crippen molar-refractivity contribution in [2.75, 3.05) is 31.6 Å². The number of aliphatic hydroxyl groups is 1. The van der Waals surface area contributed by atoms with Crippen LogP contribution in [0.4, 0.5) is 5.95 Å². The Morgan fingerprint density at radius 2 is 1.97 bits per heavy atom. The SMILES string of the molecule is O=C(CN1Cc2ccc(-c3nc(NC4CCOCC4)ncc3Cl)cc2C1=O)NCC1c2ccccc2C[C@H]1O. The van der Waals surface area contributed by atoms with E-state index < -0.39 is 6.10 Å². The Morgan fingerprint density at radius 3 is 2.82 bits per heavy atom. The maximum atomic E-state index is 13.2. The fourth-order valence-electron chi connectivity index (χ4n) is 5.66. The van der Waals surface area contributed by atoms with E-state index in [4.69, 9.17) is 16.3 Å². The summed E-state index contributed by atoms with van der Waals surface area (Å²) < 4.78 is 5.42. The van der Waals surface area contributed by atoms with Crippen LogP contribution in [0.15, 0.2) is 48.7 Å². The smallest absolute Gasteiger partial charge is 0.254 e. The number of nitrogens with one attached hydrogen (secondary N) is 2. The van der Waals surface area contributed by atoms with Crippen LogP contribution in [0.1, 0.15) is 45.8 Å². The van der Waals surface area contributed by atoms with Gasteiger partial charge < -0.3 is 25.4 Å². The van der Waals surface area contributed by atoms with E-state index in [2.05, 4.69) is 20.6 Å². The molecule has 6 rings (SSSR count). The minimum atomic E-state index is -0.528. The fraction of sp³-hybridized carbons (Fsp3) is 0.379. The summed E-state index contributed by atoms with van der Waals surface area (Å²) in [4.78, 5) is 36.5. The van der Waals surface area contributed by atoms with Crippen LogP contribution >= 0.6 is 11.6 Å². The highest BCUT2D eigenvalue weighted by Gasteiger charge is 2.32. The van der Waals surface area contributed by atoms with Crippen LogP contribution < -0.4 is 10.6 Å². The Labute approximate surface area is 231 Å². The molecule has 1 fully saturated rings. The van der Waals surface area contributed by atoms with Gasteiger partial charge in [0.25, 0.3) is 5.91 Å². The first kappa shape index (κ1) is 25.7. The van der Waals surface area contributed by atoms with Crippen LogP contribution in [0, 0.1) is 0 Å². The average molecular weight is 548 g/mol. The molecule has 2 atom stereocenters. The molecule has 3 N–H and O–H groups in total. The van der Waals surface area contributed by atoms with Gasteiger partial charge in [-0.05, 0) is 42.0 Å². The first-order valence-electron chi connectivity index (χ1n) is 13.3. The number of fused-ring (bicyclic) bond motifs is 2. The summed E-state index contributed by atoms with van der Waals surface area (Å²) in [6.07, 6.45) is 3.39. The summed E-state index contributed by atoms with van der Waals surface area (Å²) in [7, 11) is 0. The average Bonchev–Trinajstić information content (AvgIpc) is 3.43. The molecule has 202 valence electrons. The van der Waals surface area contributed by atoms with Gasteiger partial charge in [-0.3, -0.25) is 9.59 Å². The number of amides is 2. The normalized spacial score (nSPS) is 20.6. The molecule has 2 amide bonds. The third-order valence-corrected chi connectivity index (χ3v) is 8.04. The molecule has 3 aromatic rings. The maximum Gasteiger partial charge on any atom is 0.254 e. The highest BCUT2D eigenvalue weighted by Crippen LogP contribution is 2.33. The van der Waals surface area contributed by atoms with Crippen LogP contribution in [-0.2, 0) is 22.5 Å². The summed E-state index contributed by atoms with van der Waals surface area (Å²) in [6.45, 7) is 2.03. The van der Waals surface area contributed by atoms with E-state index in [1.807, 2.05) is 36.4 Å². The van der Waals surface area contributed by atoms with Crippen LogP contribution in [0.25, 0.3) is 11.3 Å². The number of benzene rings is 2. The van der Waals surface area contributed by atoms with Crippen LogP contribution in [0.5, 0.6) is 0 Å². The molecule has 9 nitrogen and oxygen atoms in total. The second-order valence-electron chi connectivity index (χ2n) is 10.3. The van der Waals surface area contributed by atoms with Gasteiger partial charge in [0.05, 0.1) is 23.0 Å². The van der Waals surface area contributed by atoms with Crippen molar-refractivity contribution in [3.05, 3.63) is 75.9 Å². The lowest BCUT2D eigenvalue weighted by atomic mass is 10.00. The van der Waals surface area contributed by atoms with Crippen LogP contribution in [0.3, 0.4) is 0 Å². The summed E-state index contributed by atoms with van der Waals surface area (Å²) in [5, 5.41) is 17.1. The lowest BCUT2D eigenvalue weighted by molar-refractivity contribution is -0.122. The standard InChI is InChI=1S/C29H30ClN5O4/c30-24-14-32-29(33-20-7-9-39-10-8-20)34-27(24)18-5-6-19-15-35(28(38)22(19)11-18)16-26(37)31-13-23-21-4-2-1-3-17(21)12-25(23)36/h1-6,11,14,20,23,25,36H,7-10,12-13,15-16H2,(H,31,37)(H,32,33,34)/t23?,25-/m1/s1. The zero-order valence-electron chi connectivity index (χ0n) is 21.4. The lowest BCUT2D eigenvalue weighted by Gasteiger charge is -2.23. The number of aliphatic hydroxyl groups excluding tert-OH is 1. The maximum absolute atomic E-state index is 13.2. The third-order valence-electron chi connectivity index (χ3n) is 7.76. The zero-order chi connectivity index (χ0) is 26.9. The van der Waals surface area contributed by atoms with E-state index in [1.165, 1.54) is 4.90 Å². The van der Waals surface area contributed by atoms with Crippen molar-refractivity contribution in [3.63, 3.8) is 0 Å². The summed E-state index contributed by atoms with van der Waals surface area (Å²) in [5.41, 5.74) is 4.82.